The average molecular weight is 574 g/mol. The van der Waals surface area contributed by atoms with Crippen molar-refractivity contribution in [1.29, 1.82) is 0 Å². The van der Waals surface area contributed by atoms with Gasteiger partial charge in [-0.1, -0.05) is 90.0 Å². The molecule has 3 aromatic carbocycles. The molecule has 0 radical (unpaired) electrons. The van der Waals surface area contributed by atoms with Crippen LogP contribution in [0.15, 0.2) is 90.0 Å². The molecule has 10 unspecified atom stereocenters. The number of allylic oxidation sites excluding steroid dienone is 2. The first-order valence-corrected chi connectivity index (χ1v) is 15.4. The van der Waals surface area contributed by atoms with E-state index in [4.69, 9.17) is 14.2 Å². The fraction of sp³-hybridized carbons (Fsp3) is 0.405. The number of carbonyl (C=O) groups is 2. The van der Waals surface area contributed by atoms with E-state index in [1.165, 1.54) is 36.5 Å². The summed E-state index contributed by atoms with van der Waals surface area (Å²) in [6, 6.07) is 27.2. The van der Waals surface area contributed by atoms with Crippen molar-refractivity contribution < 1.29 is 23.8 Å². The highest BCUT2D eigenvalue weighted by atomic mass is 16.5. The Morgan fingerprint density at radius 2 is 1.12 bits per heavy atom. The third-order valence-electron chi connectivity index (χ3n) is 12.1. The van der Waals surface area contributed by atoms with Crippen LogP contribution in [0, 0.1) is 23.7 Å². The topological polar surface area (TPSA) is 65.1 Å². The lowest BCUT2D eigenvalue weighted by Gasteiger charge is -2.49. The number of methoxy groups -OCH3 is 2. The Morgan fingerprint density at radius 1 is 0.674 bits per heavy atom. The molecule has 0 amide bonds. The average Bonchev–Trinajstić information content (AvgIpc) is 3.85. The molecule has 0 spiro atoms. The van der Waals surface area contributed by atoms with Gasteiger partial charge in [-0.15, -0.1) is 0 Å². The van der Waals surface area contributed by atoms with Gasteiger partial charge < -0.3 is 14.2 Å². The Morgan fingerprint density at radius 3 is 1.56 bits per heavy atom. The van der Waals surface area contributed by atoms with Crippen LogP contribution in [-0.2, 0) is 30.3 Å². The van der Waals surface area contributed by atoms with Gasteiger partial charge in [0.1, 0.15) is 11.1 Å². The molecule has 0 N–H and O–H groups in total. The van der Waals surface area contributed by atoms with E-state index in [1.54, 1.807) is 0 Å². The number of hydrogen-bond donors (Lipinski definition) is 0. The minimum absolute atomic E-state index is 0.00965. The molecule has 1 saturated carbocycles. The maximum absolute atomic E-state index is 14.9. The third kappa shape index (κ3) is 2.63. The Kier molecular flexibility index (Phi) is 5.06. The summed E-state index contributed by atoms with van der Waals surface area (Å²) in [7, 11) is 3.01. The smallest absolute Gasteiger partial charge is 0.327 e. The fourth-order valence-corrected chi connectivity index (χ4v) is 11.3. The van der Waals surface area contributed by atoms with Gasteiger partial charge in [-0.25, -0.2) is 0 Å². The molecule has 3 aromatic rings. The first kappa shape index (κ1) is 25.7. The van der Waals surface area contributed by atoms with Crippen molar-refractivity contribution in [2.75, 3.05) is 14.2 Å². The Balaban J connectivity index is 1.40. The number of carbonyl (C=O) groups excluding carboxylic acids is 2. The predicted molar refractivity (Wildman–Crippen MR) is 159 cm³/mol. The predicted octanol–water partition coefficient (Wildman–Crippen LogP) is 5.86. The standard InChI is InChI=1S/C37H35NO5/c1-19(2)25-26-21-14-8-9-15-22(21)27(25)29-28(26)36(34(39)41-3)30-31(33-24-17-11-10-16-23(24)32(30)43-33)37(29,35(40)42-4)38(36)18-20-12-6-5-7-13-20/h5-17,26-33H,18H2,1-4H3. The van der Waals surface area contributed by atoms with Crippen LogP contribution < -0.4 is 0 Å². The van der Waals surface area contributed by atoms with E-state index < -0.39 is 11.1 Å². The van der Waals surface area contributed by atoms with Crippen molar-refractivity contribution in [1.82, 2.24) is 4.90 Å². The molecule has 3 saturated heterocycles. The second-order valence-electron chi connectivity index (χ2n) is 13.5. The molecule has 10 atom stereocenters. The van der Waals surface area contributed by atoms with E-state index in [1.807, 2.05) is 30.3 Å². The van der Waals surface area contributed by atoms with E-state index in [9.17, 15) is 9.59 Å². The highest BCUT2D eigenvalue weighted by Crippen LogP contribution is 2.84. The number of benzene rings is 3. The lowest BCUT2D eigenvalue weighted by atomic mass is 9.49. The van der Waals surface area contributed by atoms with Crippen LogP contribution in [0.2, 0.25) is 0 Å². The van der Waals surface area contributed by atoms with E-state index in [0.717, 1.165) is 16.7 Å². The zero-order chi connectivity index (χ0) is 29.4. The summed E-state index contributed by atoms with van der Waals surface area (Å²) in [5.74, 6) is -1.34. The number of fused-ring (bicyclic) bond motifs is 22. The minimum Gasteiger partial charge on any atom is -0.468 e. The molecule has 4 fully saturated rings. The van der Waals surface area contributed by atoms with Gasteiger partial charge in [0, 0.05) is 42.1 Å². The number of esters is 2. The van der Waals surface area contributed by atoms with Gasteiger partial charge >= 0.3 is 11.9 Å². The normalized spacial score (nSPS) is 38.5. The van der Waals surface area contributed by atoms with Gasteiger partial charge in [0.15, 0.2) is 0 Å². The maximum atomic E-state index is 14.9. The summed E-state index contributed by atoms with van der Waals surface area (Å²) >= 11 is 0. The fourth-order valence-electron chi connectivity index (χ4n) is 11.3. The number of hydrogen-bond acceptors (Lipinski definition) is 6. The van der Waals surface area contributed by atoms with E-state index >= 15 is 0 Å². The molecule has 218 valence electrons. The van der Waals surface area contributed by atoms with Gasteiger partial charge in [-0.3, -0.25) is 14.5 Å². The SMILES string of the molecule is COC(=O)C12C3C4OC(c5ccccc54)C3C(C(=O)OC)(C3C4C(=C(C)C)C(c5ccccc54)C31)N2Cc1ccccc1. The summed E-state index contributed by atoms with van der Waals surface area (Å²) in [6.07, 6.45) is -0.610. The summed E-state index contributed by atoms with van der Waals surface area (Å²) in [6.45, 7) is 4.82. The van der Waals surface area contributed by atoms with Gasteiger partial charge in [0.2, 0.25) is 0 Å². The lowest BCUT2D eigenvalue weighted by Crippen LogP contribution is -2.60. The second kappa shape index (κ2) is 8.46. The Bertz CT molecular complexity index is 1650. The first-order chi connectivity index (χ1) is 20.9. The largest absolute Gasteiger partial charge is 0.468 e. The Hall–Kier alpha value is -3.74. The van der Waals surface area contributed by atoms with Gasteiger partial charge in [0.25, 0.3) is 0 Å². The first-order valence-electron chi connectivity index (χ1n) is 15.4. The maximum Gasteiger partial charge on any atom is 0.327 e. The van der Waals surface area contributed by atoms with Gasteiger partial charge in [-0.2, -0.15) is 0 Å². The van der Waals surface area contributed by atoms with Crippen molar-refractivity contribution in [2.24, 2.45) is 23.7 Å². The zero-order valence-corrected chi connectivity index (χ0v) is 24.8. The van der Waals surface area contributed by atoms with E-state index in [2.05, 4.69) is 67.3 Å². The molecule has 4 aliphatic heterocycles. The molecule has 6 nitrogen and oxygen atoms in total. The van der Waals surface area contributed by atoms with Crippen LogP contribution in [0.4, 0.5) is 0 Å². The lowest BCUT2D eigenvalue weighted by molar-refractivity contribution is -0.167. The molecule has 6 aliphatic rings. The molecule has 0 aromatic heterocycles. The van der Waals surface area contributed by atoms with Crippen LogP contribution in [-0.4, -0.2) is 42.1 Å². The minimum atomic E-state index is -1.09. The Labute approximate surface area is 251 Å². The van der Waals surface area contributed by atoms with Crippen molar-refractivity contribution in [3.8, 4) is 0 Å². The van der Waals surface area contributed by atoms with Gasteiger partial charge in [-0.05, 0) is 41.7 Å². The molecule has 43 heavy (non-hydrogen) atoms. The van der Waals surface area contributed by atoms with E-state index in [-0.39, 0.29) is 59.7 Å². The summed E-state index contributed by atoms with van der Waals surface area (Å²) in [5.41, 5.74) is 6.33. The highest BCUT2D eigenvalue weighted by Gasteiger charge is 2.92. The van der Waals surface area contributed by atoms with Crippen LogP contribution >= 0.6 is 0 Å². The van der Waals surface area contributed by atoms with Gasteiger partial charge in [0.05, 0.1) is 26.4 Å². The highest BCUT2D eigenvalue weighted by molar-refractivity contribution is 5.94. The molecule has 4 heterocycles. The third-order valence-corrected chi connectivity index (χ3v) is 12.1. The molecule has 9 rings (SSSR count). The monoisotopic (exact) mass is 573 g/mol. The zero-order valence-electron chi connectivity index (χ0n) is 24.8. The van der Waals surface area contributed by atoms with Crippen LogP contribution in [0.5, 0.6) is 0 Å². The molecule has 6 heteroatoms. The van der Waals surface area contributed by atoms with Crippen molar-refractivity contribution in [3.63, 3.8) is 0 Å². The number of ether oxygens (including phenoxy) is 3. The van der Waals surface area contributed by atoms with Crippen molar-refractivity contribution in [2.45, 2.75) is 55.5 Å². The quantitative estimate of drug-likeness (QED) is 0.288. The molecule has 6 bridgehead atoms. The second-order valence-corrected chi connectivity index (χ2v) is 13.5. The molecular formula is C37H35NO5. The van der Waals surface area contributed by atoms with E-state index in [0.29, 0.717) is 6.54 Å². The van der Waals surface area contributed by atoms with Crippen LogP contribution in [0.3, 0.4) is 0 Å². The van der Waals surface area contributed by atoms with Crippen LogP contribution in [0.1, 0.15) is 65.7 Å². The number of nitrogens with zero attached hydrogens (tertiary/aromatic N) is 1. The molecule has 2 aliphatic carbocycles. The number of rotatable bonds is 4. The van der Waals surface area contributed by atoms with Crippen molar-refractivity contribution >= 4 is 11.9 Å². The molecular weight excluding hydrogens is 538 g/mol. The van der Waals surface area contributed by atoms with Crippen LogP contribution in [0.25, 0.3) is 0 Å². The summed E-state index contributed by atoms with van der Waals surface area (Å²) in [5, 5.41) is 0. The summed E-state index contributed by atoms with van der Waals surface area (Å²) in [4.78, 5) is 32.1. The van der Waals surface area contributed by atoms with Crippen molar-refractivity contribution in [3.05, 3.63) is 118 Å². The summed E-state index contributed by atoms with van der Waals surface area (Å²) < 4.78 is 18.6.